The molecule has 0 radical (unpaired) electrons. The van der Waals surface area contributed by atoms with Gasteiger partial charge in [0.1, 0.15) is 0 Å². The summed E-state index contributed by atoms with van der Waals surface area (Å²) in [6, 6.07) is 0.784. The second-order valence-electron chi connectivity index (χ2n) is 6.30. The van der Waals surface area contributed by atoms with Gasteiger partial charge in [0.05, 0.1) is 0 Å². The quantitative estimate of drug-likeness (QED) is 0.811. The molecule has 2 fully saturated rings. The van der Waals surface area contributed by atoms with E-state index in [-0.39, 0.29) is 11.8 Å². The van der Waals surface area contributed by atoms with Crippen LogP contribution in [0.25, 0.3) is 0 Å². The molecule has 0 aromatic carbocycles. The standard InChI is InChI=1S/C15H29N3O/c1-12(18-9-3-2-4-10-18)11-17-15(19)13-5-7-14(16)8-6-13/h12-14H,2-11,16H2,1H3,(H,17,19). The fraction of sp³-hybridized carbons (Fsp3) is 0.933. The van der Waals surface area contributed by atoms with Crippen LogP contribution in [0.15, 0.2) is 0 Å². The third-order valence-corrected chi connectivity index (χ3v) is 4.73. The highest BCUT2D eigenvalue weighted by molar-refractivity contribution is 5.78. The molecule has 19 heavy (non-hydrogen) atoms. The molecule has 0 aromatic heterocycles. The smallest absolute Gasteiger partial charge is 0.223 e. The van der Waals surface area contributed by atoms with E-state index in [1.807, 2.05) is 0 Å². The second kappa shape index (κ2) is 7.25. The predicted molar refractivity (Wildman–Crippen MR) is 77.8 cm³/mol. The van der Waals surface area contributed by atoms with Crippen LogP contribution in [-0.4, -0.2) is 42.5 Å². The fourth-order valence-corrected chi connectivity index (χ4v) is 3.26. The van der Waals surface area contributed by atoms with Crippen LogP contribution in [0.5, 0.6) is 0 Å². The average molecular weight is 267 g/mol. The van der Waals surface area contributed by atoms with Gasteiger partial charge in [-0.3, -0.25) is 9.69 Å². The zero-order valence-corrected chi connectivity index (χ0v) is 12.2. The molecule has 4 nitrogen and oxygen atoms in total. The monoisotopic (exact) mass is 267 g/mol. The minimum absolute atomic E-state index is 0.202. The van der Waals surface area contributed by atoms with Crippen LogP contribution in [0.4, 0.5) is 0 Å². The second-order valence-corrected chi connectivity index (χ2v) is 6.30. The lowest BCUT2D eigenvalue weighted by molar-refractivity contribution is -0.126. The minimum atomic E-state index is 0.202. The summed E-state index contributed by atoms with van der Waals surface area (Å²) in [6.07, 6.45) is 7.89. The highest BCUT2D eigenvalue weighted by atomic mass is 16.1. The summed E-state index contributed by atoms with van der Waals surface area (Å²) in [7, 11) is 0. The number of nitrogens with two attached hydrogens (primary N) is 1. The Kier molecular flexibility index (Phi) is 5.64. The van der Waals surface area contributed by atoms with E-state index in [1.165, 1.54) is 32.4 Å². The number of hydrogen-bond donors (Lipinski definition) is 2. The minimum Gasteiger partial charge on any atom is -0.354 e. The number of likely N-dealkylation sites (tertiary alicyclic amines) is 1. The first-order valence-corrected chi connectivity index (χ1v) is 7.94. The van der Waals surface area contributed by atoms with Crippen LogP contribution >= 0.6 is 0 Å². The number of nitrogens with one attached hydrogen (secondary N) is 1. The maximum absolute atomic E-state index is 12.1. The first-order valence-electron chi connectivity index (χ1n) is 7.94. The number of piperidine rings is 1. The van der Waals surface area contributed by atoms with E-state index in [0.717, 1.165) is 32.2 Å². The van der Waals surface area contributed by atoms with Gasteiger partial charge in [-0.25, -0.2) is 0 Å². The fourth-order valence-electron chi connectivity index (χ4n) is 3.26. The molecule has 2 rings (SSSR count). The molecule has 110 valence electrons. The van der Waals surface area contributed by atoms with Crippen LogP contribution in [0.1, 0.15) is 51.9 Å². The third-order valence-electron chi connectivity index (χ3n) is 4.73. The molecular formula is C15H29N3O. The van der Waals surface area contributed by atoms with Crippen molar-refractivity contribution in [2.75, 3.05) is 19.6 Å². The zero-order valence-electron chi connectivity index (χ0n) is 12.2. The third kappa shape index (κ3) is 4.46. The van der Waals surface area contributed by atoms with Crippen LogP contribution in [0, 0.1) is 5.92 Å². The largest absolute Gasteiger partial charge is 0.354 e. The van der Waals surface area contributed by atoms with Crippen molar-refractivity contribution in [2.45, 2.75) is 64.0 Å². The molecule has 0 spiro atoms. The summed E-state index contributed by atoms with van der Waals surface area (Å²) in [5.41, 5.74) is 5.88. The Hall–Kier alpha value is -0.610. The Morgan fingerprint density at radius 3 is 2.47 bits per heavy atom. The summed E-state index contributed by atoms with van der Waals surface area (Å²) >= 11 is 0. The van der Waals surface area contributed by atoms with Gasteiger partial charge in [-0.2, -0.15) is 0 Å². The van der Waals surface area contributed by atoms with Crippen molar-refractivity contribution in [3.8, 4) is 0 Å². The molecule has 2 aliphatic rings. The van der Waals surface area contributed by atoms with Crippen LogP contribution in [0.3, 0.4) is 0 Å². The summed E-state index contributed by atoms with van der Waals surface area (Å²) in [5.74, 6) is 0.448. The van der Waals surface area contributed by atoms with Crippen LogP contribution in [0.2, 0.25) is 0 Å². The van der Waals surface area contributed by atoms with Gasteiger partial charge < -0.3 is 11.1 Å². The Balaban J connectivity index is 1.67. The zero-order chi connectivity index (χ0) is 13.7. The van der Waals surface area contributed by atoms with Crippen molar-refractivity contribution in [1.29, 1.82) is 0 Å². The predicted octanol–water partition coefficient (Wildman–Crippen LogP) is 1.49. The number of amides is 1. The number of nitrogens with zero attached hydrogens (tertiary/aromatic N) is 1. The van der Waals surface area contributed by atoms with E-state index in [2.05, 4.69) is 17.1 Å². The van der Waals surface area contributed by atoms with E-state index in [9.17, 15) is 4.79 Å². The molecule has 1 atom stereocenters. The maximum atomic E-state index is 12.1. The van der Waals surface area contributed by atoms with Gasteiger partial charge in [0.25, 0.3) is 0 Å². The van der Waals surface area contributed by atoms with Crippen molar-refractivity contribution < 1.29 is 4.79 Å². The first-order chi connectivity index (χ1) is 9.16. The van der Waals surface area contributed by atoms with Gasteiger partial charge in [-0.1, -0.05) is 6.42 Å². The van der Waals surface area contributed by atoms with Gasteiger partial charge in [-0.15, -0.1) is 0 Å². The SMILES string of the molecule is CC(CNC(=O)C1CCC(N)CC1)N1CCCCC1. The molecule has 3 N–H and O–H groups in total. The topological polar surface area (TPSA) is 58.4 Å². The average Bonchev–Trinajstić information content (AvgIpc) is 2.46. The van der Waals surface area contributed by atoms with Gasteiger partial charge >= 0.3 is 0 Å². The number of carbonyl (C=O) groups is 1. The summed E-state index contributed by atoms with van der Waals surface area (Å²) in [5, 5.41) is 3.14. The van der Waals surface area contributed by atoms with Crippen molar-refractivity contribution in [3.63, 3.8) is 0 Å². The normalized spacial score (nSPS) is 30.8. The van der Waals surface area contributed by atoms with Crippen molar-refractivity contribution >= 4 is 5.91 Å². The lowest BCUT2D eigenvalue weighted by atomic mass is 9.86. The van der Waals surface area contributed by atoms with Crippen molar-refractivity contribution in [3.05, 3.63) is 0 Å². The van der Waals surface area contributed by atoms with E-state index in [4.69, 9.17) is 5.73 Å². The van der Waals surface area contributed by atoms with Crippen LogP contribution in [-0.2, 0) is 4.79 Å². The molecule has 1 heterocycles. The number of hydrogen-bond acceptors (Lipinski definition) is 3. The number of rotatable bonds is 4. The molecule has 1 saturated heterocycles. The van der Waals surface area contributed by atoms with Crippen molar-refractivity contribution in [2.24, 2.45) is 11.7 Å². The molecule has 4 heteroatoms. The lowest BCUT2D eigenvalue weighted by Gasteiger charge is -2.33. The molecule has 1 aliphatic heterocycles. The molecule has 1 amide bonds. The Labute approximate surface area is 117 Å². The summed E-state index contributed by atoms with van der Waals surface area (Å²) in [4.78, 5) is 14.6. The molecule has 1 saturated carbocycles. The maximum Gasteiger partial charge on any atom is 0.223 e. The highest BCUT2D eigenvalue weighted by Crippen LogP contribution is 2.23. The summed E-state index contributed by atoms with van der Waals surface area (Å²) in [6.45, 7) is 5.40. The van der Waals surface area contributed by atoms with E-state index in [1.54, 1.807) is 0 Å². The highest BCUT2D eigenvalue weighted by Gasteiger charge is 2.25. The molecular weight excluding hydrogens is 238 g/mol. The van der Waals surface area contributed by atoms with Crippen molar-refractivity contribution in [1.82, 2.24) is 10.2 Å². The van der Waals surface area contributed by atoms with E-state index < -0.39 is 0 Å². The molecule has 1 aliphatic carbocycles. The Morgan fingerprint density at radius 2 is 1.84 bits per heavy atom. The molecule has 0 aromatic rings. The first kappa shape index (κ1) is 14.8. The van der Waals surface area contributed by atoms with E-state index in [0.29, 0.717) is 12.1 Å². The lowest BCUT2D eigenvalue weighted by Crippen LogP contribution is -2.46. The molecule has 1 unspecified atom stereocenters. The number of carbonyl (C=O) groups excluding carboxylic acids is 1. The van der Waals surface area contributed by atoms with Gasteiger partial charge in [0.2, 0.25) is 5.91 Å². The molecule has 0 bridgehead atoms. The van der Waals surface area contributed by atoms with Gasteiger partial charge in [0.15, 0.2) is 0 Å². The van der Waals surface area contributed by atoms with Gasteiger partial charge in [0, 0.05) is 24.5 Å². The Morgan fingerprint density at radius 1 is 1.21 bits per heavy atom. The van der Waals surface area contributed by atoms with E-state index >= 15 is 0 Å². The Bertz CT molecular complexity index is 281. The van der Waals surface area contributed by atoms with Gasteiger partial charge in [-0.05, 0) is 58.5 Å². The van der Waals surface area contributed by atoms with Crippen LogP contribution < -0.4 is 11.1 Å². The summed E-state index contributed by atoms with van der Waals surface area (Å²) < 4.78 is 0.